The molecule has 2 aromatic heterocycles. The molecule has 0 fully saturated rings. The first-order chi connectivity index (χ1) is 15.1. The monoisotopic (exact) mass is 437 g/mol. The fourth-order valence-electron chi connectivity index (χ4n) is 4.81. The van der Waals surface area contributed by atoms with E-state index in [0.29, 0.717) is 0 Å². The Bertz CT molecular complexity index is 1460. The van der Waals surface area contributed by atoms with Gasteiger partial charge in [0.05, 0.1) is 5.69 Å². The van der Waals surface area contributed by atoms with Crippen molar-refractivity contribution in [3.05, 3.63) is 77.3 Å². The maximum absolute atomic E-state index is 4.88. The quantitative estimate of drug-likeness (QED) is 0.268. The van der Waals surface area contributed by atoms with Crippen molar-refractivity contribution in [1.82, 2.24) is 4.98 Å². The number of benzene rings is 3. The van der Waals surface area contributed by atoms with E-state index in [0.717, 1.165) is 12.1 Å². The second-order valence-corrected chi connectivity index (χ2v) is 12.1. The van der Waals surface area contributed by atoms with Gasteiger partial charge in [-0.05, 0) is 68.1 Å². The van der Waals surface area contributed by atoms with Gasteiger partial charge >= 0.3 is 0 Å². The summed E-state index contributed by atoms with van der Waals surface area (Å²) < 4.78 is 1.38. The summed E-state index contributed by atoms with van der Waals surface area (Å²) in [6.07, 6.45) is 3.07. The highest BCUT2D eigenvalue weighted by Crippen LogP contribution is 2.40. The largest absolute Gasteiger partial charge is 0.256 e. The Hall–Kier alpha value is -2.71. The second kappa shape index (κ2) is 7.42. The standard InChI is InChI=1S/C30H31NS/c1-29(2,3)17-21-18-32-28-23(21)11-12-24-25(28)13-14-31-27(24)20-15-19-9-7-8-10-22(19)26(16-20)30(4,5)6/h7-16,18H,17H2,1-6H3. The molecule has 162 valence electrons. The SMILES string of the molecule is CC(C)(C)Cc1csc2c1ccc1c(-c3cc(C(C)(C)C)c4ccccc4c3)nccc12. The van der Waals surface area contributed by atoms with E-state index in [4.69, 9.17) is 4.98 Å². The Labute approximate surface area is 195 Å². The highest BCUT2D eigenvalue weighted by atomic mass is 32.1. The minimum absolute atomic E-state index is 0.0586. The molecule has 0 N–H and O–H groups in total. The van der Waals surface area contributed by atoms with Crippen LogP contribution < -0.4 is 0 Å². The molecule has 0 aliphatic carbocycles. The van der Waals surface area contributed by atoms with E-state index in [9.17, 15) is 0 Å². The van der Waals surface area contributed by atoms with E-state index in [1.54, 1.807) is 0 Å². The van der Waals surface area contributed by atoms with Crippen molar-refractivity contribution in [2.45, 2.75) is 53.4 Å². The molecule has 2 heterocycles. The van der Waals surface area contributed by atoms with Gasteiger partial charge in [-0.15, -0.1) is 11.3 Å². The topological polar surface area (TPSA) is 12.9 Å². The van der Waals surface area contributed by atoms with E-state index < -0.39 is 0 Å². The number of fused-ring (bicyclic) bond motifs is 4. The van der Waals surface area contributed by atoms with E-state index in [2.05, 4.69) is 102 Å². The number of thiophene rings is 1. The summed E-state index contributed by atoms with van der Waals surface area (Å²) in [5, 5.41) is 8.89. The molecule has 0 amide bonds. The molecule has 2 heteroatoms. The smallest absolute Gasteiger partial charge is 0.0781 e. The third kappa shape index (κ3) is 3.71. The average molecular weight is 438 g/mol. The van der Waals surface area contributed by atoms with Gasteiger partial charge in [-0.3, -0.25) is 4.98 Å². The number of aromatic nitrogens is 1. The van der Waals surface area contributed by atoms with Crippen LogP contribution in [-0.4, -0.2) is 4.98 Å². The molecule has 0 saturated carbocycles. The Balaban J connectivity index is 1.75. The number of hydrogen-bond donors (Lipinski definition) is 0. The highest BCUT2D eigenvalue weighted by Gasteiger charge is 2.20. The van der Waals surface area contributed by atoms with Gasteiger partial charge in [-0.1, -0.05) is 77.9 Å². The average Bonchev–Trinajstić information content (AvgIpc) is 3.13. The van der Waals surface area contributed by atoms with Crippen molar-refractivity contribution < 1.29 is 0 Å². The lowest BCUT2D eigenvalue weighted by atomic mass is 9.82. The van der Waals surface area contributed by atoms with Crippen LogP contribution >= 0.6 is 11.3 Å². The normalized spacial score (nSPS) is 12.8. The van der Waals surface area contributed by atoms with Crippen LogP contribution in [0.4, 0.5) is 0 Å². The van der Waals surface area contributed by atoms with Crippen molar-refractivity contribution >= 4 is 43.0 Å². The van der Waals surface area contributed by atoms with Crippen molar-refractivity contribution in [3.63, 3.8) is 0 Å². The van der Waals surface area contributed by atoms with Gasteiger partial charge in [-0.2, -0.15) is 0 Å². The lowest BCUT2D eigenvalue weighted by Crippen LogP contribution is -2.12. The fourth-order valence-corrected chi connectivity index (χ4v) is 5.91. The Kier molecular flexibility index (Phi) is 4.90. The van der Waals surface area contributed by atoms with E-state index in [-0.39, 0.29) is 10.8 Å². The van der Waals surface area contributed by atoms with Gasteiger partial charge in [0.15, 0.2) is 0 Å². The maximum atomic E-state index is 4.88. The van der Waals surface area contributed by atoms with Gasteiger partial charge < -0.3 is 0 Å². The van der Waals surface area contributed by atoms with Gasteiger partial charge in [0.25, 0.3) is 0 Å². The summed E-state index contributed by atoms with van der Waals surface area (Å²) in [7, 11) is 0. The summed E-state index contributed by atoms with van der Waals surface area (Å²) in [5.74, 6) is 0. The van der Waals surface area contributed by atoms with Crippen molar-refractivity contribution in [3.8, 4) is 11.3 Å². The third-order valence-corrected chi connectivity index (χ3v) is 7.30. The van der Waals surface area contributed by atoms with Crippen molar-refractivity contribution in [2.24, 2.45) is 5.41 Å². The molecule has 5 aromatic rings. The van der Waals surface area contributed by atoms with Gasteiger partial charge in [0.2, 0.25) is 0 Å². The molecule has 0 saturated heterocycles. The summed E-state index contributed by atoms with van der Waals surface area (Å²) in [5.41, 5.74) is 5.44. The Morgan fingerprint density at radius 3 is 2.28 bits per heavy atom. The molecular formula is C30H31NS. The molecule has 0 aliphatic heterocycles. The number of pyridine rings is 1. The molecule has 0 aliphatic rings. The van der Waals surface area contributed by atoms with Gasteiger partial charge in [0, 0.05) is 27.2 Å². The number of nitrogens with zero attached hydrogens (tertiary/aromatic N) is 1. The molecule has 3 aromatic carbocycles. The molecule has 32 heavy (non-hydrogen) atoms. The van der Waals surface area contributed by atoms with Crippen molar-refractivity contribution in [2.75, 3.05) is 0 Å². The van der Waals surface area contributed by atoms with Crippen LogP contribution in [-0.2, 0) is 11.8 Å². The van der Waals surface area contributed by atoms with Crippen LogP contribution in [0.3, 0.4) is 0 Å². The minimum atomic E-state index is 0.0586. The first kappa shape index (κ1) is 21.2. The van der Waals surface area contributed by atoms with Crippen LogP contribution in [0.1, 0.15) is 52.7 Å². The number of rotatable bonds is 2. The van der Waals surface area contributed by atoms with E-state index >= 15 is 0 Å². The molecule has 0 bridgehead atoms. The highest BCUT2D eigenvalue weighted by molar-refractivity contribution is 7.18. The predicted octanol–water partition coefficient (Wildman–Crippen LogP) is 9.16. The fraction of sp³-hybridized carbons (Fsp3) is 0.300. The predicted molar refractivity (Wildman–Crippen MR) is 142 cm³/mol. The zero-order chi connectivity index (χ0) is 22.7. The summed E-state index contributed by atoms with van der Waals surface area (Å²) in [6.45, 7) is 13.8. The molecule has 0 spiro atoms. The van der Waals surface area contributed by atoms with E-state index in [1.165, 1.54) is 48.3 Å². The van der Waals surface area contributed by atoms with Crippen LogP contribution in [0.25, 0.3) is 42.9 Å². The first-order valence-corrected chi connectivity index (χ1v) is 12.3. The van der Waals surface area contributed by atoms with Crippen LogP contribution in [0, 0.1) is 5.41 Å². The van der Waals surface area contributed by atoms with E-state index in [1.807, 2.05) is 17.5 Å². The Morgan fingerprint density at radius 1 is 0.781 bits per heavy atom. The number of hydrogen-bond acceptors (Lipinski definition) is 2. The van der Waals surface area contributed by atoms with Crippen LogP contribution in [0.5, 0.6) is 0 Å². The summed E-state index contributed by atoms with van der Waals surface area (Å²) in [4.78, 5) is 4.88. The molecule has 1 nitrogen and oxygen atoms in total. The summed E-state index contributed by atoms with van der Waals surface area (Å²) >= 11 is 1.87. The lowest BCUT2D eigenvalue weighted by Gasteiger charge is -2.23. The van der Waals surface area contributed by atoms with Crippen molar-refractivity contribution in [1.29, 1.82) is 0 Å². The van der Waals surface area contributed by atoms with Crippen LogP contribution in [0.2, 0.25) is 0 Å². The molecular weight excluding hydrogens is 406 g/mol. The van der Waals surface area contributed by atoms with Gasteiger partial charge in [0.1, 0.15) is 0 Å². The molecule has 0 atom stereocenters. The molecule has 0 unspecified atom stereocenters. The first-order valence-electron chi connectivity index (χ1n) is 11.4. The third-order valence-electron chi connectivity index (χ3n) is 6.23. The summed E-state index contributed by atoms with van der Waals surface area (Å²) in [6, 6.07) is 20.2. The minimum Gasteiger partial charge on any atom is -0.256 e. The lowest BCUT2D eigenvalue weighted by molar-refractivity contribution is 0.413. The zero-order valence-electron chi connectivity index (χ0n) is 19.9. The Morgan fingerprint density at radius 2 is 1.53 bits per heavy atom. The molecule has 5 rings (SSSR count). The van der Waals surface area contributed by atoms with Crippen LogP contribution in [0.15, 0.2) is 66.2 Å². The maximum Gasteiger partial charge on any atom is 0.0781 e. The van der Waals surface area contributed by atoms with Gasteiger partial charge in [-0.25, -0.2) is 0 Å². The zero-order valence-corrected chi connectivity index (χ0v) is 20.7. The molecule has 0 radical (unpaired) electrons. The second-order valence-electron chi connectivity index (χ2n) is 11.2.